The molecular formula is C19H19Cl2NO5S. The minimum Gasteiger partial charge on any atom is -0.456 e. The van der Waals surface area contributed by atoms with E-state index < -0.39 is 40.5 Å². The van der Waals surface area contributed by atoms with E-state index in [9.17, 15) is 18.0 Å². The van der Waals surface area contributed by atoms with Crippen LogP contribution in [-0.4, -0.2) is 32.7 Å². The van der Waals surface area contributed by atoms with E-state index >= 15 is 0 Å². The molecule has 0 aliphatic heterocycles. The topological polar surface area (TPSA) is 89.5 Å². The van der Waals surface area contributed by atoms with Crippen LogP contribution in [0.15, 0.2) is 41.3 Å². The number of hydrogen-bond donors (Lipinski definition) is 1. The minimum atomic E-state index is -3.82. The Morgan fingerprint density at radius 3 is 2.46 bits per heavy atom. The number of sulfone groups is 1. The summed E-state index contributed by atoms with van der Waals surface area (Å²) in [5.74, 6) is -1.83. The zero-order chi connectivity index (χ0) is 20.9. The highest BCUT2D eigenvalue weighted by atomic mass is 35.5. The van der Waals surface area contributed by atoms with Crippen LogP contribution in [-0.2, 0) is 24.2 Å². The van der Waals surface area contributed by atoms with Crippen molar-refractivity contribution >= 4 is 50.6 Å². The van der Waals surface area contributed by atoms with Crippen LogP contribution in [0.3, 0.4) is 0 Å². The van der Waals surface area contributed by atoms with E-state index in [1.165, 1.54) is 18.2 Å². The number of rotatable bonds is 7. The van der Waals surface area contributed by atoms with E-state index in [4.69, 9.17) is 27.9 Å². The number of aryl methyl sites for hydroxylation is 2. The van der Waals surface area contributed by atoms with Gasteiger partial charge >= 0.3 is 5.97 Å². The van der Waals surface area contributed by atoms with Crippen LogP contribution >= 0.6 is 23.2 Å². The molecule has 0 fully saturated rings. The molecule has 0 heterocycles. The molecule has 0 unspecified atom stereocenters. The van der Waals surface area contributed by atoms with Gasteiger partial charge in [-0.3, -0.25) is 9.59 Å². The van der Waals surface area contributed by atoms with Crippen LogP contribution < -0.4 is 5.32 Å². The molecule has 0 bridgehead atoms. The van der Waals surface area contributed by atoms with E-state index in [0.29, 0.717) is 5.69 Å². The number of carbonyl (C=O) groups is 2. The second-order valence-electron chi connectivity index (χ2n) is 6.17. The highest BCUT2D eigenvalue weighted by molar-refractivity contribution is 7.91. The van der Waals surface area contributed by atoms with Gasteiger partial charge in [-0.15, -0.1) is 0 Å². The number of hydrogen-bond acceptors (Lipinski definition) is 5. The first-order valence-electron chi connectivity index (χ1n) is 8.29. The van der Waals surface area contributed by atoms with Gasteiger partial charge < -0.3 is 10.1 Å². The van der Waals surface area contributed by atoms with E-state index in [1.807, 2.05) is 26.0 Å². The molecule has 0 spiro atoms. The molecule has 9 heteroatoms. The second-order valence-corrected chi connectivity index (χ2v) is 9.09. The van der Waals surface area contributed by atoms with Crippen LogP contribution in [0.2, 0.25) is 10.0 Å². The highest BCUT2D eigenvalue weighted by Crippen LogP contribution is 2.26. The Labute approximate surface area is 173 Å². The lowest BCUT2D eigenvalue weighted by atomic mass is 10.1. The fraction of sp³-hybridized carbons (Fsp3) is 0.263. The number of esters is 1. The number of halogens is 2. The van der Waals surface area contributed by atoms with Crippen molar-refractivity contribution in [1.29, 1.82) is 0 Å². The van der Waals surface area contributed by atoms with E-state index in [-0.39, 0.29) is 14.9 Å². The maximum Gasteiger partial charge on any atom is 0.307 e. The number of nitrogens with one attached hydrogen (secondary N) is 1. The summed E-state index contributed by atoms with van der Waals surface area (Å²) in [6, 6.07) is 9.57. The number of benzene rings is 2. The van der Waals surface area contributed by atoms with E-state index in [2.05, 4.69) is 5.32 Å². The van der Waals surface area contributed by atoms with Crippen molar-refractivity contribution in [3.8, 4) is 0 Å². The predicted molar refractivity (Wildman–Crippen MR) is 109 cm³/mol. The third kappa shape index (κ3) is 6.22. The number of anilines is 1. The SMILES string of the molecule is Cc1ccc(NC(=O)COC(=O)CCS(=O)(=O)c2cc(Cl)ccc2Cl)c(C)c1. The molecule has 0 atom stereocenters. The molecule has 0 saturated heterocycles. The van der Waals surface area contributed by atoms with Gasteiger partial charge in [-0.25, -0.2) is 8.42 Å². The third-order valence-electron chi connectivity index (χ3n) is 3.82. The summed E-state index contributed by atoms with van der Waals surface area (Å²) < 4.78 is 29.5. The van der Waals surface area contributed by atoms with E-state index in [0.717, 1.165) is 11.1 Å². The number of ether oxygens (including phenoxy) is 1. The van der Waals surface area contributed by atoms with Crippen molar-refractivity contribution in [1.82, 2.24) is 0 Å². The maximum absolute atomic E-state index is 12.3. The lowest BCUT2D eigenvalue weighted by molar-refractivity contribution is -0.146. The summed E-state index contributed by atoms with van der Waals surface area (Å²) >= 11 is 11.7. The Morgan fingerprint density at radius 2 is 1.79 bits per heavy atom. The number of carbonyl (C=O) groups excluding carboxylic acids is 2. The molecular weight excluding hydrogens is 425 g/mol. The van der Waals surface area contributed by atoms with Gasteiger partial charge in [0, 0.05) is 10.7 Å². The molecule has 0 aliphatic carbocycles. The van der Waals surface area contributed by atoms with Gasteiger partial charge in [0.05, 0.1) is 22.1 Å². The molecule has 1 amide bonds. The smallest absolute Gasteiger partial charge is 0.307 e. The van der Waals surface area contributed by atoms with Crippen molar-refractivity contribution in [2.75, 3.05) is 17.7 Å². The molecule has 0 aliphatic rings. The Morgan fingerprint density at radius 1 is 1.07 bits per heavy atom. The van der Waals surface area contributed by atoms with Crippen LogP contribution in [0, 0.1) is 13.8 Å². The molecule has 150 valence electrons. The standard InChI is InChI=1S/C19H19Cl2NO5S/c1-12-3-6-16(13(2)9-12)22-18(23)11-27-19(24)7-8-28(25,26)17-10-14(20)4-5-15(17)21/h3-6,9-10H,7-8,11H2,1-2H3,(H,22,23). The Hall–Kier alpha value is -2.09. The Balaban J connectivity index is 1.86. The predicted octanol–water partition coefficient (Wildman–Crippen LogP) is 3.96. The van der Waals surface area contributed by atoms with Gasteiger partial charge in [0.15, 0.2) is 16.4 Å². The molecule has 0 aromatic heterocycles. The first-order chi connectivity index (χ1) is 13.1. The zero-order valence-electron chi connectivity index (χ0n) is 15.3. The fourth-order valence-corrected chi connectivity index (χ4v) is 4.44. The van der Waals surface area contributed by atoms with E-state index in [1.54, 1.807) is 6.07 Å². The molecule has 28 heavy (non-hydrogen) atoms. The first kappa shape index (κ1) is 22.2. The fourth-order valence-electron chi connectivity index (χ4n) is 2.40. The van der Waals surface area contributed by atoms with Crippen LogP contribution in [0.5, 0.6) is 0 Å². The molecule has 6 nitrogen and oxygen atoms in total. The van der Waals surface area contributed by atoms with Crippen molar-refractivity contribution in [3.05, 3.63) is 57.6 Å². The molecule has 2 aromatic rings. The monoisotopic (exact) mass is 443 g/mol. The summed E-state index contributed by atoms with van der Waals surface area (Å²) in [6.07, 6.45) is -0.415. The molecule has 0 saturated carbocycles. The van der Waals surface area contributed by atoms with Crippen LogP contribution in [0.4, 0.5) is 5.69 Å². The summed E-state index contributed by atoms with van der Waals surface area (Å²) in [5.41, 5.74) is 2.55. The summed E-state index contributed by atoms with van der Waals surface area (Å²) in [4.78, 5) is 23.6. The average molecular weight is 444 g/mol. The van der Waals surface area contributed by atoms with Gasteiger partial charge in [0.25, 0.3) is 5.91 Å². The number of amides is 1. The normalized spacial score (nSPS) is 11.1. The van der Waals surface area contributed by atoms with Crippen molar-refractivity contribution in [2.45, 2.75) is 25.2 Å². The molecule has 0 radical (unpaired) electrons. The van der Waals surface area contributed by atoms with Crippen molar-refractivity contribution in [3.63, 3.8) is 0 Å². The lowest BCUT2D eigenvalue weighted by Gasteiger charge is -2.10. The van der Waals surface area contributed by atoms with Crippen molar-refractivity contribution in [2.24, 2.45) is 0 Å². The lowest BCUT2D eigenvalue weighted by Crippen LogP contribution is -2.22. The quantitative estimate of drug-likeness (QED) is 0.654. The van der Waals surface area contributed by atoms with Gasteiger partial charge in [-0.2, -0.15) is 0 Å². The summed E-state index contributed by atoms with van der Waals surface area (Å²) in [5, 5.41) is 2.87. The second kappa shape index (κ2) is 9.41. The highest BCUT2D eigenvalue weighted by Gasteiger charge is 2.21. The molecule has 2 aromatic carbocycles. The van der Waals surface area contributed by atoms with Gasteiger partial charge in [0.1, 0.15) is 0 Å². The Kier molecular flexibility index (Phi) is 7.46. The largest absolute Gasteiger partial charge is 0.456 e. The van der Waals surface area contributed by atoms with Crippen LogP contribution in [0.25, 0.3) is 0 Å². The van der Waals surface area contributed by atoms with Gasteiger partial charge in [0.2, 0.25) is 0 Å². The van der Waals surface area contributed by atoms with Gasteiger partial charge in [-0.1, -0.05) is 40.9 Å². The summed E-state index contributed by atoms with van der Waals surface area (Å²) in [7, 11) is -3.82. The average Bonchev–Trinajstić information content (AvgIpc) is 2.62. The first-order valence-corrected chi connectivity index (χ1v) is 10.7. The molecule has 1 N–H and O–H groups in total. The Bertz CT molecular complexity index is 1010. The summed E-state index contributed by atoms with van der Waals surface area (Å²) in [6.45, 7) is 3.27. The van der Waals surface area contributed by atoms with Crippen LogP contribution in [0.1, 0.15) is 17.5 Å². The maximum atomic E-state index is 12.3. The van der Waals surface area contributed by atoms with Crippen molar-refractivity contribution < 1.29 is 22.7 Å². The minimum absolute atomic E-state index is 0.0191. The molecule has 2 rings (SSSR count). The zero-order valence-corrected chi connectivity index (χ0v) is 17.6. The van der Waals surface area contributed by atoms with Gasteiger partial charge in [-0.05, 0) is 43.7 Å². The third-order valence-corrected chi connectivity index (χ3v) is 6.25.